The van der Waals surface area contributed by atoms with Crippen LogP contribution in [0.5, 0.6) is 0 Å². The quantitative estimate of drug-likeness (QED) is 0.407. The van der Waals surface area contributed by atoms with Crippen LogP contribution in [0.15, 0.2) is 11.8 Å². The van der Waals surface area contributed by atoms with Crippen molar-refractivity contribution in [3.63, 3.8) is 0 Å². The second-order valence-electron chi connectivity index (χ2n) is 1.36. The van der Waals surface area contributed by atoms with E-state index in [0.717, 1.165) is 0 Å². The highest BCUT2D eigenvalue weighted by Gasteiger charge is 1.86. The van der Waals surface area contributed by atoms with E-state index in [0.29, 0.717) is 5.76 Å². The number of rotatable bonds is 2. The lowest BCUT2D eigenvalue weighted by Crippen LogP contribution is -2.06. The van der Waals surface area contributed by atoms with E-state index in [9.17, 15) is 4.79 Å². The van der Waals surface area contributed by atoms with Crippen LogP contribution < -0.4 is 5.73 Å². The second-order valence-corrected chi connectivity index (χ2v) is 1.36. The molecular weight excluding hydrogens is 106 g/mol. The standard InChI is InChI=1S/C5H9NO2/c1-4(8-2)3-5(6)7/h3H,1-2H3,(H2,6,7). The maximum absolute atomic E-state index is 10.0. The normalized spacial score (nSPS) is 11.0. The van der Waals surface area contributed by atoms with E-state index in [-0.39, 0.29) is 0 Å². The molecule has 3 nitrogen and oxygen atoms in total. The summed E-state index contributed by atoms with van der Waals surface area (Å²) in [6, 6.07) is 0. The highest BCUT2D eigenvalue weighted by molar-refractivity contribution is 5.86. The molecule has 0 aliphatic rings. The third kappa shape index (κ3) is 3.21. The first-order valence-corrected chi connectivity index (χ1v) is 2.18. The van der Waals surface area contributed by atoms with Crippen LogP contribution >= 0.6 is 0 Å². The molecule has 0 bridgehead atoms. The highest BCUT2D eigenvalue weighted by atomic mass is 16.5. The molecule has 0 unspecified atom stereocenters. The van der Waals surface area contributed by atoms with Gasteiger partial charge in [-0.25, -0.2) is 0 Å². The number of nitrogens with two attached hydrogens (primary N) is 1. The van der Waals surface area contributed by atoms with Gasteiger partial charge < -0.3 is 10.5 Å². The number of amides is 1. The monoisotopic (exact) mass is 115 g/mol. The molecule has 0 saturated carbocycles. The molecule has 0 aromatic carbocycles. The number of hydrogen-bond donors (Lipinski definition) is 1. The SMILES string of the molecule is COC(C)=CC(N)=O. The van der Waals surface area contributed by atoms with Crippen molar-refractivity contribution >= 4 is 5.91 Å². The maximum atomic E-state index is 10.0. The molecular formula is C5H9NO2. The Hall–Kier alpha value is -0.990. The van der Waals surface area contributed by atoms with Crippen LogP contribution in [0.25, 0.3) is 0 Å². The molecule has 0 aliphatic carbocycles. The number of carbonyl (C=O) groups is 1. The Labute approximate surface area is 48.1 Å². The second kappa shape index (κ2) is 3.07. The van der Waals surface area contributed by atoms with Gasteiger partial charge >= 0.3 is 0 Å². The van der Waals surface area contributed by atoms with Crippen molar-refractivity contribution < 1.29 is 9.53 Å². The lowest BCUT2D eigenvalue weighted by molar-refractivity contribution is -0.113. The van der Waals surface area contributed by atoms with Crippen molar-refractivity contribution in [3.05, 3.63) is 11.8 Å². The van der Waals surface area contributed by atoms with Gasteiger partial charge in [-0.05, 0) is 6.92 Å². The highest BCUT2D eigenvalue weighted by Crippen LogP contribution is 1.88. The van der Waals surface area contributed by atoms with Gasteiger partial charge in [-0.1, -0.05) is 0 Å². The molecule has 0 spiro atoms. The zero-order chi connectivity index (χ0) is 6.57. The Morgan fingerprint density at radius 3 is 2.38 bits per heavy atom. The number of methoxy groups -OCH3 is 1. The summed E-state index contributed by atoms with van der Waals surface area (Å²) in [5, 5.41) is 0. The summed E-state index contributed by atoms with van der Waals surface area (Å²) >= 11 is 0. The Morgan fingerprint density at radius 1 is 1.75 bits per heavy atom. The Balaban J connectivity index is 3.75. The smallest absolute Gasteiger partial charge is 0.244 e. The number of hydrogen-bond acceptors (Lipinski definition) is 2. The maximum Gasteiger partial charge on any atom is 0.244 e. The van der Waals surface area contributed by atoms with Crippen LogP contribution in [0.4, 0.5) is 0 Å². The van der Waals surface area contributed by atoms with Crippen molar-refractivity contribution in [1.82, 2.24) is 0 Å². The van der Waals surface area contributed by atoms with E-state index < -0.39 is 5.91 Å². The van der Waals surface area contributed by atoms with Gasteiger partial charge in [0.25, 0.3) is 0 Å². The summed E-state index contributed by atoms with van der Waals surface area (Å²) in [6.07, 6.45) is 1.22. The van der Waals surface area contributed by atoms with Gasteiger partial charge in [0, 0.05) is 6.08 Å². The summed E-state index contributed by atoms with van der Waals surface area (Å²) < 4.78 is 4.62. The van der Waals surface area contributed by atoms with E-state index in [1.54, 1.807) is 6.92 Å². The van der Waals surface area contributed by atoms with E-state index in [1.807, 2.05) is 0 Å². The molecule has 0 aromatic heterocycles. The molecule has 0 radical (unpaired) electrons. The molecule has 0 heterocycles. The Bertz CT molecular complexity index is 118. The molecule has 0 aliphatic heterocycles. The Kier molecular flexibility index (Phi) is 2.69. The van der Waals surface area contributed by atoms with Crippen LogP contribution in [0.1, 0.15) is 6.92 Å². The average molecular weight is 115 g/mol. The van der Waals surface area contributed by atoms with Crippen LogP contribution in [0, 0.1) is 0 Å². The summed E-state index contributed by atoms with van der Waals surface area (Å²) in [4.78, 5) is 10.0. The Morgan fingerprint density at radius 2 is 2.25 bits per heavy atom. The van der Waals surface area contributed by atoms with E-state index in [4.69, 9.17) is 5.73 Å². The topological polar surface area (TPSA) is 52.3 Å². The molecule has 8 heavy (non-hydrogen) atoms. The molecule has 0 fully saturated rings. The lowest BCUT2D eigenvalue weighted by atomic mass is 10.5. The van der Waals surface area contributed by atoms with Gasteiger partial charge in [-0.3, -0.25) is 4.79 Å². The summed E-state index contributed by atoms with van der Waals surface area (Å²) in [5.41, 5.74) is 4.77. The van der Waals surface area contributed by atoms with E-state index >= 15 is 0 Å². The van der Waals surface area contributed by atoms with Crippen molar-refractivity contribution in [2.24, 2.45) is 5.73 Å². The fourth-order valence-corrected chi connectivity index (χ4v) is 0.259. The van der Waals surface area contributed by atoms with Gasteiger partial charge in [0.1, 0.15) is 0 Å². The molecule has 0 aromatic rings. The van der Waals surface area contributed by atoms with Gasteiger partial charge in [-0.15, -0.1) is 0 Å². The number of allylic oxidation sites excluding steroid dienone is 1. The molecule has 0 atom stereocenters. The van der Waals surface area contributed by atoms with Gasteiger partial charge in [-0.2, -0.15) is 0 Å². The molecule has 3 heteroatoms. The summed E-state index contributed by atoms with van der Waals surface area (Å²) in [6.45, 7) is 1.66. The third-order valence-electron chi connectivity index (χ3n) is 0.667. The van der Waals surface area contributed by atoms with Crippen molar-refractivity contribution in [3.8, 4) is 0 Å². The van der Waals surface area contributed by atoms with E-state index in [2.05, 4.69) is 4.74 Å². The number of ether oxygens (including phenoxy) is 1. The minimum Gasteiger partial charge on any atom is -0.501 e. The summed E-state index contributed by atoms with van der Waals surface area (Å²) in [7, 11) is 1.48. The van der Waals surface area contributed by atoms with Crippen LogP contribution in [0.2, 0.25) is 0 Å². The molecule has 0 rings (SSSR count). The summed E-state index contributed by atoms with van der Waals surface area (Å²) in [5.74, 6) is 0.0434. The molecule has 1 amide bonds. The number of primary amides is 1. The van der Waals surface area contributed by atoms with Crippen molar-refractivity contribution in [2.75, 3.05) is 7.11 Å². The minimum absolute atomic E-state index is 0.482. The van der Waals surface area contributed by atoms with Crippen LogP contribution in [-0.4, -0.2) is 13.0 Å². The first-order chi connectivity index (χ1) is 3.66. The fraction of sp³-hybridized carbons (Fsp3) is 0.400. The molecule has 2 N–H and O–H groups in total. The van der Waals surface area contributed by atoms with Gasteiger partial charge in [0.05, 0.1) is 12.9 Å². The zero-order valence-corrected chi connectivity index (χ0v) is 4.97. The average Bonchev–Trinajstić information content (AvgIpc) is 1.65. The largest absolute Gasteiger partial charge is 0.501 e. The lowest BCUT2D eigenvalue weighted by Gasteiger charge is -1.93. The molecule has 0 saturated heterocycles. The van der Waals surface area contributed by atoms with Crippen LogP contribution in [-0.2, 0) is 9.53 Å². The van der Waals surface area contributed by atoms with Crippen LogP contribution in [0.3, 0.4) is 0 Å². The first kappa shape index (κ1) is 7.01. The first-order valence-electron chi connectivity index (χ1n) is 2.18. The van der Waals surface area contributed by atoms with Crippen molar-refractivity contribution in [2.45, 2.75) is 6.92 Å². The fourth-order valence-electron chi connectivity index (χ4n) is 0.259. The van der Waals surface area contributed by atoms with Gasteiger partial charge in [0.2, 0.25) is 5.91 Å². The van der Waals surface area contributed by atoms with Crippen molar-refractivity contribution in [1.29, 1.82) is 0 Å². The predicted octanol–water partition coefficient (Wildman–Crippen LogP) is 0.0219. The zero-order valence-electron chi connectivity index (χ0n) is 4.97. The third-order valence-corrected chi connectivity index (χ3v) is 0.667. The minimum atomic E-state index is -0.482. The number of carbonyl (C=O) groups excluding carboxylic acids is 1. The molecule has 46 valence electrons. The van der Waals surface area contributed by atoms with Gasteiger partial charge in [0.15, 0.2) is 0 Å². The predicted molar refractivity (Wildman–Crippen MR) is 30.0 cm³/mol. The van der Waals surface area contributed by atoms with E-state index in [1.165, 1.54) is 13.2 Å².